The van der Waals surface area contributed by atoms with E-state index in [1.807, 2.05) is 48.5 Å². The lowest BCUT2D eigenvalue weighted by atomic mass is 10.1. The van der Waals surface area contributed by atoms with Crippen LogP contribution in [0, 0.1) is 0 Å². The third-order valence-corrected chi connectivity index (χ3v) is 3.34. The molecule has 0 aliphatic heterocycles. The van der Waals surface area contributed by atoms with Crippen LogP contribution in [0.4, 0.5) is 0 Å². The van der Waals surface area contributed by atoms with Crippen LogP contribution in [-0.4, -0.2) is 28.4 Å². The molecule has 0 saturated carbocycles. The quantitative estimate of drug-likeness (QED) is 0.854. The molecule has 4 heteroatoms. The van der Waals surface area contributed by atoms with Gasteiger partial charge in [0.25, 0.3) is 5.91 Å². The smallest absolute Gasteiger partial charge is 0.303 e. The molecule has 0 aliphatic carbocycles. The van der Waals surface area contributed by atoms with Crippen molar-refractivity contribution in [3.8, 4) is 0 Å². The predicted molar refractivity (Wildman–Crippen MR) is 84.5 cm³/mol. The molecule has 2 aromatic carbocycles. The van der Waals surface area contributed by atoms with Crippen molar-refractivity contribution >= 4 is 11.9 Å². The van der Waals surface area contributed by atoms with Gasteiger partial charge in [-0.1, -0.05) is 48.5 Å². The van der Waals surface area contributed by atoms with E-state index in [0.29, 0.717) is 25.1 Å². The fourth-order valence-corrected chi connectivity index (χ4v) is 2.24. The summed E-state index contributed by atoms with van der Waals surface area (Å²) in [6.45, 7) is 0.906. The minimum Gasteiger partial charge on any atom is -0.481 e. The summed E-state index contributed by atoms with van der Waals surface area (Å²) >= 11 is 0. The molecular formula is C18H19NO3. The predicted octanol–water partition coefficient (Wildman–Crippen LogP) is 3.19. The number of carbonyl (C=O) groups is 2. The second-order valence-corrected chi connectivity index (χ2v) is 5.08. The summed E-state index contributed by atoms with van der Waals surface area (Å²) in [6.07, 6.45) is 0.508. The Hall–Kier alpha value is -2.62. The van der Waals surface area contributed by atoms with E-state index in [1.165, 1.54) is 0 Å². The van der Waals surface area contributed by atoms with Crippen LogP contribution in [-0.2, 0) is 11.3 Å². The minimum absolute atomic E-state index is 0.0629. The number of amides is 1. The van der Waals surface area contributed by atoms with E-state index in [0.717, 1.165) is 5.56 Å². The molecule has 0 aliphatic rings. The van der Waals surface area contributed by atoms with Gasteiger partial charge < -0.3 is 10.0 Å². The average molecular weight is 297 g/mol. The molecule has 0 unspecified atom stereocenters. The van der Waals surface area contributed by atoms with Gasteiger partial charge in [0.1, 0.15) is 0 Å². The number of benzene rings is 2. The largest absolute Gasteiger partial charge is 0.481 e. The van der Waals surface area contributed by atoms with Crippen molar-refractivity contribution in [2.24, 2.45) is 0 Å². The highest BCUT2D eigenvalue weighted by molar-refractivity contribution is 5.94. The summed E-state index contributed by atoms with van der Waals surface area (Å²) in [5.41, 5.74) is 1.65. The van der Waals surface area contributed by atoms with Crippen LogP contribution in [0.15, 0.2) is 60.7 Å². The Kier molecular flexibility index (Phi) is 5.72. The Balaban J connectivity index is 2.10. The standard InChI is InChI=1S/C18H19NO3/c20-17(21)12-7-13-19(14-15-8-3-1-4-9-15)18(22)16-10-5-2-6-11-16/h1-6,8-11H,7,12-14H2,(H,20,21). The first-order valence-electron chi connectivity index (χ1n) is 7.27. The molecule has 114 valence electrons. The first-order valence-corrected chi connectivity index (χ1v) is 7.27. The van der Waals surface area contributed by atoms with Crippen LogP contribution in [0.5, 0.6) is 0 Å². The van der Waals surface area contributed by atoms with Gasteiger partial charge in [0.05, 0.1) is 0 Å². The van der Waals surface area contributed by atoms with Gasteiger partial charge in [0.2, 0.25) is 0 Å². The van der Waals surface area contributed by atoms with Crippen LogP contribution in [0.1, 0.15) is 28.8 Å². The summed E-state index contributed by atoms with van der Waals surface area (Å²) in [5, 5.41) is 8.77. The molecule has 1 N–H and O–H groups in total. The lowest BCUT2D eigenvalue weighted by molar-refractivity contribution is -0.137. The number of aliphatic carboxylic acids is 1. The molecule has 0 fully saturated rings. The SMILES string of the molecule is O=C(O)CCCN(Cc1ccccc1)C(=O)c1ccccc1. The summed E-state index contributed by atoms with van der Waals surface area (Å²) in [7, 11) is 0. The first-order chi connectivity index (χ1) is 10.7. The van der Waals surface area contributed by atoms with Crippen LogP contribution in [0.3, 0.4) is 0 Å². The molecule has 4 nitrogen and oxygen atoms in total. The van der Waals surface area contributed by atoms with Gasteiger partial charge in [0, 0.05) is 25.1 Å². The van der Waals surface area contributed by atoms with Crippen molar-refractivity contribution in [1.29, 1.82) is 0 Å². The number of hydrogen-bond acceptors (Lipinski definition) is 2. The lowest BCUT2D eigenvalue weighted by Crippen LogP contribution is -2.31. The Labute approximate surface area is 130 Å². The summed E-state index contributed by atoms with van der Waals surface area (Å²) < 4.78 is 0. The van der Waals surface area contributed by atoms with Crippen molar-refractivity contribution in [2.75, 3.05) is 6.54 Å². The Morgan fingerprint density at radius 1 is 0.909 bits per heavy atom. The topological polar surface area (TPSA) is 57.6 Å². The molecule has 0 aromatic heterocycles. The number of carbonyl (C=O) groups excluding carboxylic acids is 1. The molecule has 0 radical (unpaired) electrons. The monoisotopic (exact) mass is 297 g/mol. The molecule has 2 rings (SSSR count). The highest BCUT2D eigenvalue weighted by Gasteiger charge is 2.16. The highest BCUT2D eigenvalue weighted by Crippen LogP contribution is 2.11. The third kappa shape index (κ3) is 4.74. The minimum atomic E-state index is -0.841. The third-order valence-electron chi connectivity index (χ3n) is 3.34. The first kappa shape index (κ1) is 15.8. The van der Waals surface area contributed by atoms with Crippen LogP contribution in [0.2, 0.25) is 0 Å². The highest BCUT2D eigenvalue weighted by atomic mass is 16.4. The summed E-state index contributed by atoms with van der Waals surface area (Å²) in [4.78, 5) is 25.0. The second-order valence-electron chi connectivity index (χ2n) is 5.08. The zero-order valence-corrected chi connectivity index (χ0v) is 12.3. The fraction of sp³-hybridized carbons (Fsp3) is 0.222. The number of carboxylic acid groups (broad SMARTS) is 1. The molecule has 0 heterocycles. The maximum Gasteiger partial charge on any atom is 0.303 e. The number of nitrogens with zero attached hydrogens (tertiary/aromatic N) is 1. The van der Waals surface area contributed by atoms with E-state index < -0.39 is 5.97 Å². The van der Waals surface area contributed by atoms with Crippen molar-refractivity contribution in [3.63, 3.8) is 0 Å². The van der Waals surface area contributed by atoms with Gasteiger partial charge in [-0.2, -0.15) is 0 Å². The van der Waals surface area contributed by atoms with Gasteiger partial charge >= 0.3 is 5.97 Å². The van der Waals surface area contributed by atoms with E-state index in [9.17, 15) is 9.59 Å². The zero-order chi connectivity index (χ0) is 15.8. The Bertz CT molecular complexity index is 611. The van der Waals surface area contributed by atoms with Gasteiger partial charge in [-0.05, 0) is 24.1 Å². The molecule has 0 spiro atoms. The summed E-state index contributed by atoms with van der Waals surface area (Å²) in [5.74, 6) is -0.915. The fourth-order valence-electron chi connectivity index (χ4n) is 2.24. The van der Waals surface area contributed by atoms with Crippen LogP contribution in [0.25, 0.3) is 0 Å². The zero-order valence-electron chi connectivity index (χ0n) is 12.3. The van der Waals surface area contributed by atoms with E-state index in [2.05, 4.69) is 0 Å². The Morgan fingerprint density at radius 3 is 2.09 bits per heavy atom. The molecule has 0 atom stereocenters. The van der Waals surface area contributed by atoms with E-state index in [-0.39, 0.29) is 12.3 Å². The lowest BCUT2D eigenvalue weighted by Gasteiger charge is -2.23. The molecule has 0 saturated heterocycles. The van der Waals surface area contributed by atoms with Gasteiger partial charge in [-0.3, -0.25) is 9.59 Å². The second kappa shape index (κ2) is 7.98. The molecule has 22 heavy (non-hydrogen) atoms. The molecular weight excluding hydrogens is 278 g/mol. The summed E-state index contributed by atoms with van der Waals surface area (Å²) in [6, 6.07) is 18.8. The van der Waals surface area contributed by atoms with Crippen LogP contribution >= 0.6 is 0 Å². The van der Waals surface area contributed by atoms with E-state index in [4.69, 9.17) is 5.11 Å². The van der Waals surface area contributed by atoms with E-state index >= 15 is 0 Å². The van der Waals surface area contributed by atoms with Crippen molar-refractivity contribution in [1.82, 2.24) is 4.90 Å². The van der Waals surface area contributed by atoms with Gasteiger partial charge in [-0.25, -0.2) is 0 Å². The van der Waals surface area contributed by atoms with Crippen molar-refractivity contribution in [3.05, 3.63) is 71.8 Å². The Morgan fingerprint density at radius 2 is 1.50 bits per heavy atom. The molecule has 2 aromatic rings. The van der Waals surface area contributed by atoms with Crippen molar-refractivity contribution < 1.29 is 14.7 Å². The maximum atomic E-state index is 12.6. The number of carboxylic acids is 1. The average Bonchev–Trinajstić information content (AvgIpc) is 2.55. The molecule has 1 amide bonds. The number of hydrogen-bond donors (Lipinski definition) is 1. The number of rotatable bonds is 7. The molecule has 0 bridgehead atoms. The maximum absolute atomic E-state index is 12.6. The van der Waals surface area contributed by atoms with Crippen molar-refractivity contribution in [2.45, 2.75) is 19.4 Å². The van der Waals surface area contributed by atoms with Gasteiger partial charge in [-0.15, -0.1) is 0 Å². The van der Waals surface area contributed by atoms with Gasteiger partial charge in [0.15, 0.2) is 0 Å². The van der Waals surface area contributed by atoms with Crippen LogP contribution < -0.4 is 0 Å². The normalized spacial score (nSPS) is 10.2. The van der Waals surface area contributed by atoms with E-state index in [1.54, 1.807) is 17.0 Å².